The first-order chi connectivity index (χ1) is 8.50. The molecule has 0 radical (unpaired) electrons. The van der Waals surface area contributed by atoms with E-state index in [1.165, 1.54) is 19.4 Å². The standard InChI is InChI=1S/C13H26N2O2S/c1-3-12(2)4-5-14-10-13(11-14)15-6-8-18(16,17)9-7-15/h12-13H,3-11H2,1-2H3. The Hall–Kier alpha value is -0.130. The Morgan fingerprint density at radius 1 is 1.22 bits per heavy atom. The lowest BCUT2D eigenvalue weighted by Gasteiger charge is -2.46. The van der Waals surface area contributed by atoms with Gasteiger partial charge in [-0.05, 0) is 18.9 Å². The zero-order valence-electron chi connectivity index (χ0n) is 11.6. The molecule has 2 rings (SSSR count). The molecule has 5 heteroatoms. The fourth-order valence-corrected chi connectivity index (χ4v) is 3.88. The monoisotopic (exact) mass is 274 g/mol. The Bertz CT molecular complexity index is 349. The van der Waals surface area contributed by atoms with Gasteiger partial charge in [-0.25, -0.2) is 8.42 Å². The van der Waals surface area contributed by atoms with E-state index in [0.717, 1.165) is 32.1 Å². The van der Waals surface area contributed by atoms with E-state index in [1.54, 1.807) is 0 Å². The van der Waals surface area contributed by atoms with Crippen LogP contribution in [-0.2, 0) is 9.84 Å². The van der Waals surface area contributed by atoms with E-state index < -0.39 is 9.84 Å². The van der Waals surface area contributed by atoms with Crippen LogP contribution >= 0.6 is 0 Å². The Labute approximate surface area is 111 Å². The molecule has 0 saturated carbocycles. The minimum absolute atomic E-state index is 0.358. The molecule has 18 heavy (non-hydrogen) atoms. The van der Waals surface area contributed by atoms with E-state index in [-0.39, 0.29) is 0 Å². The van der Waals surface area contributed by atoms with Gasteiger partial charge in [0.25, 0.3) is 0 Å². The minimum atomic E-state index is -2.73. The van der Waals surface area contributed by atoms with Crippen LogP contribution in [0.25, 0.3) is 0 Å². The van der Waals surface area contributed by atoms with Gasteiger partial charge < -0.3 is 4.90 Å². The van der Waals surface area contributed by atoms with Crippen LogP contribution in [0.4, 0.5) is 0 Å². The molecule has 4 nitrogen and oxygen atoms in total. The second-order valence-corrected chi connectivity index (χ2v) is 8.21. The van der Waals surface area contributed by atoms with Gasteiger partial charge in [0, 0.05) is 32.2 Å². The molecule has 2 saturated heterocycles. The van der Waals surface area contributed by atoms with Crippen molar-refractivity contribution in [2.45, 2.75) is 32.7 Å². The largest absolute Gasteiger partial charge is 0.300 e. The van der Waals surface area contributed by atoms with Crippen LogP contribution in [0.5, 0.6) is 0 Å². The Morgan fingerprint density at radius 2 is 1.83 bits per heavy atom. The van der Waals surface area contributed by atoms with Gasteiger partial charge in [-0.2, -0.15) is 0 Å². The highest BCUT2D eigenvalue weighted by Gasteiger charge is 2.34. The van der Waals surface area contributed by atoms with E-state index in [2.05, 4.69) is 23.6 Å². The van der Waals surface area contributed by atoms with E-state index >= 15 is 0 Å². The molecule has 0 aromatic rings. The number of nitrogens with zero attached hydrogens (tertiary/aromatic N) is 2. The normalized spacial score (nSPS) is 27.9. The van der Waals surface area contributed by atoms with Crippen molar-refractivity contribution >= 4 is 9.84 Å². The quantitative estimate of drug-likeness (QED) is 0.745. The van der Waals surface area contributed by atoms with Gasteiger partial charge in [0.05, 0.1) is 11.5 Å². The molecule has 0 N–H and O–H groups in total. The summed E-state index contributed by atoms with van der Waals surface area (Å²) in [5.74, 6) is 1.54. The minimum Gasteiger partial charge on any atom is -0.300 e. The van der Waals surface area contributed by atoms with Crippen molar-refractivity contribution in [1.29, 1.82) is 0 Å². The zero-order chi connectivity index (χ0) is 13.2. The average Bonchev–Trinajstić information content (AvgIpc) is 2.28. The fraction of sp³-hybridized carbons (Fsp3) is 1.00. The van der Waals surface area contributed by atoms with Crippen molar-refractivity contribution in [3.63, 3.8) is 0 Å². The van der Waals surface area contributed by atoms with E-state index in [0.29, 0.717) is 17.5 Å². The van der Waals surface area contributed by atoms with Crippen molar-refractivity contribution in [3.05, 3.63) is 0 Å². The number of rotatable bonds is 5. The van der Waals surface area contributed by atoms with Gasteiger partial charge in [0.1, 0.15) is 0 Å². The summed E-state index contributed by atoms with van der Waals surface area (Å²) in [6, 6.07) is 0.609. The van der Waals surface area contributed by atoms with Crippen LogP contribution in [0, 0.1) is 5.92 Å². The summed E-state index contributed by atoms with van der Waals surface area (Å²) in [4.78, 5) is 4.86. The molecule has 1 atom stereocenters. The van der Waals surface area contributed by atoms with Crippen molar-refractivity contribution in [2.24, 2.45) is 5.92 Å². The highest BCUT2D eigenvalue weighted by Crippen LogP contribution is 2.19. The molecule has 2 fully saturated rings. The third kappa shape index (κ3) is 3.68. The Balaban J connectivity index is 1.64. The first-order valence-electron chi connectivity index (χ1n) is 7.17. The topological polar surface area (TPSA) is 40.6 Å². The second-order valence-electron chi connectivity index (χ2n) is 5.90. The maximum absolute atomic E-state index is 11.4. The molecule has 0 spiro atoms. The predicted molar refractivity (Wildman–Crippen MR) is 74.5 cm³/mol. The van der Waals surface area contributed by atoms with E-state index in [9.17, 15) is 8.42 Å². The van der Waals surface area contributed by atoms with Crippen molar-refractivity contribution < 1.29 is 8.42 Å². The highest BCUT2D eigenvalue weighted by molar-refractivity contribution is 7.91. The molecular formula is C13H26N2O2S. The molecule has 0 aliphatic carbocycles. The molecule has 0 aromatic carbocycles. The third-order valence-electron chi connectivity index (χ3n) is 4.47. The summed E-state index contributed by atoms with van der Waals surface area (Å²) < 4.78 is 22.7. The summed E-state index contributed by atoms with van der Waals surface area (Å²) in [5, 5.41) is 0. The third-order valence-corrected chi connectivity index (χ3v) is 6.08. The zero-order valence-corrected chi connectivity index (χ0v) is 12.5. The second kappa shape index (κ2) is 5.88. The summed E-state index contributed by atoms with van der Waals surface area (Å²) in [7, 11) is -2.73. The lowest BCUT2D eigenvalue weighted by molar-refractivity contribution is 0.0356. The van der Waals surface area contributed by atoms with E-state index in [1.807, 2.05) is 0 Å². The number of sulfone groups is 1. The molecular weight excluding hydrogens is 248 g/mol. The molecule has 0 aromatic heterocycles. The van der Waals surface area contributed by atoms with Gasteiger partial charge in [0.2, 0.25) is 0 Å². The summed E-state index contributed by atoms with van der Waals surface area (Å²) in [6.07, 6.45) is 2.55. The average molecular weight is 274 g/mol. The molecule has 0 bridgehead atoms. The van der Waals surface area contributed by atoms with Crippen molar-refractivity contribution in [3.8, 4) is 0 Å². The number of hydrogen-bond acceptors (Lipinski definition) is 4. The fourth-order valence-electron chi connectivity index (χ4n) is 2.65. The van der Waals surface area contributed by atoms with Gasteiger partial charge in [-0.15, -0.1) is 0 Å². The van der Waals surface area contributed by atoms with Crippen molar-refractivity contribution in [1.82, 2.24) is 9.80 Å². The lowest BCUT2D eigenvalue weighted by atomic mass is 10.0. The molecule has 2 aliphatic rings. The van der Waals surface area contributed by atoms with Crippen LogP contribution in [0.2, 0.25) is 0 Å². The molecule has 2 aliphatic heterocycles. The van der Waals surface area contributed by atoms with Crippen LogP contribution < -0.4 is 0 Å². The van der Waals surface area contributed by atoms with E-state index in [4.69, 9.17) is 0 Å². The molecule has 0 amide bonds. The summed E-state index contributed by atoms with van der Waals surface area (Å²) in [5.41, 5.74) is 0. The number of likely N-dealkylation sites (tertiary alicyclic amines) is 1. The van der Waals surface area contributed by atoms with Gasteiger partial charge >= 0.3 is 0 Å². The van der Waals surface area contributed by atoms with Crippen LogP contribution in [-0.4, -0.2) is 68.5 Å². The molecule has 2 heterocycles. The first-order valence-corrected chi connectivity index (χ1v) is 8.99. The van der Waals surface area contributed by atoms with Crippen molar-refractivity contribution in [2.75, 3.05) is 44.2 Å². The Kier molecular flexibility index (Phi) is 4.67. The lowest BCUT2D eigenvalue weighted by Crippen LogP contribution is -2.62. The summed E-state index contributed by atoms with van der Waals surface area (Å²) in [6.45, 7) is 9.52. The van der Waals surface area contributed by atoms with Crippen LogP contribution in [0.3, 0.4) is 0 Å². The smallest absolute Gasteiger partial charge is 0.152 e. The highest BCUT2D eigenvalue weighted by atomic mass is 32.2. The van der Waals surface area contributed by atoms with Gasteiger partial charge in [-0.3, -0.25) is 4.90 Å². The molecule has 1 unspecified atom stereocenters. The van der Waals surface area contributed by atoms with Gasteiger partial charge in [0.15, 0.2) is 9.84 Å². The maximum Gasteiger partial charge on any atom is 0.152 e. The molecule has 106 valence electrons. The first kappa shape index (κ1) is 14.3. The van der Waals surface area contributed by atoms with Crippen LogP contribution in [0.1, 0.15) is 26.7 Å². The predicted octanol–water partition coefficient (Wildman–Crippen LogP) is 0.837. The maximum atomic E-state index is 11.4. The van der Waals surface area contributed by atoms with Gasteiger partial charge in [-0.1, -0.05) is 20.3 Å². The summed E-state index contributed by atoms with van der Waals surface area (Å²) >= 11 is 0. The number of hydrogen-bond donors (Lipinski definition) is 0. The SMILES string of the molecule is CCC(C)CCN1CC(N2CCS(=O)(=O)CC2)C1. The van der Waals surface area contributed by atoms with Crippen LogP contribution in [0.15, 0.2) is 0 Å². The Morgan fingerprint density at radius 3 is 2.39 bits per heavy atom.